The van der Waals surface area contributed by atoms with E-state index < -0.39 is 11.6 Å². The van der Waals surface area contributed by atoms with E-state index in [1.807, 2.05) is 39.0 Å². The summed E-state index contributed by atoms with van der Waals surface area (Å²) >= 11 is 6.07. The summed E-state index contributed by atoms with van der Waals surface area (Å²) in [6.45, 7) is 6.45. The molecule has 2 aliphatic rings. The van der Waals surface area contributed by atoms with Crippen molar-refractivity contribution >= 4 is 29.1 Å². The van der Waals surface area contributed by atoms with Crippen LogP contribution in [0.4, 0.5) is 0 Å². The first-order chi connectivity index (χ1) is 14.2. The van der Waals surface area contributed by atoms with Gasteiger partial charge in [0.15, 0.2) is 0 Å². The number of halogens is 1. The van der Waals surface area contributed by atoms with Crippen molar-refractivity contribution in [2.45, 2.75) is 32.4 Å². The second kappa shape index (κ2) is 7.76. The number of hydrogen-bond donors (Lipinski definition) is 1. The average molecular weight is 426 g/mol. The molecule has 4 rings (SSSR count). The van der Waals surface area contributed by atoms with E-state index in [1.165, 1.54) is 0 Å². The zero-order valence-electron chi connectivity index (χ0n) is 17.2. The number of carbonyl (C=O) groups is 2. The molecule has 2 aromatic carbocycles. The molecule has 2 amide bonds. The SMILES string of the molecule is CC(C)(C)NC(=O)C(c1ccc(Cl)cc1)N1CC2CON=C2c2ccccc2C1=O. The number of oxime groups is 1. The van der Waals surface area contributed by atoms with E-state index in [-0.39, 0.29) is 17.7 Å². The molecule has 2 aromatic rings. The summed E-state index contributed by atoms with van der Waals surface area (Å²) in [6.07, 6.45) is 0. The maximum absolute atomic E-state index is 13.6. The van der Waals surface area contributed by atoms with Crippen LogP contribution in [0.3, 0.4) is 0 Å². The highest BCUT2D eigenvalue weighted by molar-refractivity contribution is 6.30. The van der Waals surface area contributed by atoms with Gasteiger partial charge in [0, 0.05) is 28.2 Å². The fourth-order valence-corrected chi connectivity index (χ4v) is 4.03. The molecule has 156 valence electrons. The van der Waals surface area contributed by atoms with E-state index in [2.05, 4.69) is 10.5 Å². The quantitative estimate of drug-likeness (QED) is 0.813. The lowest BCUT2D eigenvalue weighted by Crippen LogP contribution is -2.50. The zero-order valence-corrected chi connectivity index (χ0v) is 17.9. The molecule has 0 spiro atoms. The molecule has 2 aliphatic heterocycles. The smallest absolute Gasteiger partial charge is 0.255 e. The van der Waals surface area contributed by atoms with Gasteiger partial charge >= 0.3 is 0 Å². The van der Waals surface area contributed by atoms with Gasteiger partial charge < -0.3 is 15.1 Å². The number of nitrogens with zero attached hydrogens (tertiary/aromatic N) is 2. The Hall–Kier alpha value is -2.86. The molecule has 30 heavy (non-hydrogen) atoms. The van der Waals surface area contributed by atoms with Crippen molar-refractivity contribution in [1.29, 1.82) is 0 Å². The van der Waals surface area contributed by atoms with Crippen molar-refractivity contribution in [3.05, 3.63) is 70.2 Å². The van der Waals surface area contributed by atoms with Gasteiger partial charge in [-0.15, -0.1) is 0 Å². The summed E-state index contributed by atoms with van der Waals surface area (Å²) in [5.74, 6) is -0.545. The van der Waals surface area contributed by atoms with Crippen molar-refractivity contribution < 1.29 is 14.4 Å². The number of fused-ring (bicyclic) bond motifs is 3. The third-order valence-corrected chi connectivity index (χ3v) is 5.43. The van der Waals surface area contributed by atoms with Gasteiger partial charge in [0.2, 0.25) is 5.91 Å². The first kappa shape index (κ1) is 20.4. The maximum atomic E-state index is 13.6. The Labute approximate surface area is 180 Å². The third-order valence-electron chi connectivity index (χ3n) is 5.18. The number of rotatable bonds is 3. The normalized spacial score (nSPS) is 19.2. The van der Waals surface area contributed by atoms with Gasteiger partial charge in [0.25, 0.3) is 5.91 Å². The standard InChI is InChI=1S/C23H24ClN3O3/c1-23(2,3)25-21(28)20(14-8-10-16(24)11-9-14)27-12-15-13-30-26-19(15)17-6-4-5-7-18(17)22(27)29/h4-11,15,20H,12-13H2,1-3H3,(H,25,28). The van der Waals surface area contributed by atoms with Gasteiger partial charge in [0.05, 0.1) is 11.6 Å². The molecule has 2 heterocycles. The molecule has 6 nitrogen and oxygen atoms in total. The molecule has 0 bridgehead atoms. The minimum absolute atomic E-state index is 0.102. The van der Waals surface area contributed by atoms with Crippen LogP contribution in [0.2, 0.25) is 5.02 Å². The van der Waals surface area contributed by atoms with E-state index in [0.29, 0.717) is 29.3 Å². The average Bonchev–Trinajstić information content (AvgIpc) is 3.11. The molecule has 1 N–H and O–H groups in total. The second-order valence-electron chi connectivity index (χ2n) is 8.67. The molecule has 2 atom stereocenters. The Balaban J connectivity index is 1.81. The minimum Gasteiger partial charge on any atom is -0.395 e. The predicted molar refractivity (Wildman–Crippen MR) is 116 cm³/mol. The molecule has 2 unspecified atom stereocenters. The summed E-state index contributed by atoms with van der Waals surface area (Å²) in [6, 6.07) is 13.6. The van der Waals surface area contributed by atoms with Crippen molar-refractivity contribution in [1.82, 2.24) is 10.2 Å². The highest BCUT2D eigenvalue weighted by Crippen LogP contribution is 2.32. The fraction of sp³-hybridized carbons (Fsp3) is 0.348. The number of nitrogens with one attached hydrogen (secondary N) is 1. The molecule has 7 heteroatoms. The summed E-state index contributed by atoms with van der Waals surface area (Å²) in [5, 5.41) is 7.79. The van der Waals surface area contributed by atoms with Gasteiger partial charge in [-0.3, -0.25) is 9.59 Å². The number of benzene rings is 2. The van der Waals surface area contributed by atoms with Crippen LogP contribution in [-0.4, -0.2) is 41.1 Å². The van der Waals surface area contributed by atoms with Crippen LogP contribution < -0.4 is 5.32 Å². The molecule has 0 aromatic heterocycles. The molecular weight excluding hydrogens is 402 g/mol. The van der Waals surface area contributed by atoms with Crippen LogP contribution in [-0.2, 0) is 9.63 Å². The summed E-state index contributed by atoms with van der Waals surface area (Å²) in [4.78, 5) is 34.0. The lowest BCUT2D eigenvalue weighted by Gasteiger charge is -2.34. The Bertz CT molecular complexity index is 1010. The van der Waals surface area contributed by atoms with Gasteiger partial charge in [0.1, 0.15) is 12.6 Å². The van der Waals surface area contributed by atoms with E-state index in [0.717, 1.165) is 11.3 Å². The summed E-state index contributed by atoms with van der Waals surface area (Å²) in [7, 11) is 0. The Kier molecular flexibility index (Phi) is 5.28. The molecule has 0 radical (unpaired) electrons. The van der Waals surface area contributed by atoms with Gasteiger partial charge in [-0.1, -0.05) is 47.1 Å². The van der Waals surface area contributed by atoms with Gasteiger partial charge in [-0.05, 0) is 44.5 Å². The third kappa shape index (κ3) is 3.92. The summed E-state index contributed by atoms with van der Waals surface area (Å²) < 4.78 is 0. The second-order valence-corrected chi connectivity index (χ2v) is 9.10. The van der Waals surface area contributed by atoms with Crippen LogP contribution in [0.25, 0.3) is 0 Å². The van der Waals surface area contributed by atoms with Crippen LogP contribution in [0.15, 0.2) is 53.7 Å². The fourth-order valence-electron chi connectivity index (χ4n) is 3.91. The number of hydrogen-bond acceptors (Lipinski definition) is 4. The van der Waals surface area contributed by atoms with E-state index >= 15 is 0 Å². The first-order valence-corrected chi connectivity index (χ1v) is 10.3. The van der Waals surface area contributed by atoms with Crippen molar-refractivity contribution in [2.24, 2.45) is 11.1 Å². The van der Waals surface area contributed by atoms with Crippen molar-refractivity contribution in [2.75, 3.05) is 13.2 Å². The van der Waals surface area contributed by atoms with Crippen LogP contribution in [0.5, 0.6) is 0 Å². The van der Waals surface area contributed by atoms with Crippen molar-refractivity contribution in [3.8, 4) is 0 Å². The highest BCUT2D eigenvalue weighted by atomic mass is 35.5. The molecule has 0 fully saturated rings. The first-order valence-electron chi connectivity index (χ1n) is 9.92. The van der Waals surface area contributed by atoms with Crippen LogP contribution in [0.1, 0.15) is 48.3 Å². The molecule has 0 saturated carbocycles. The number of amides is 2. The zero-order chi connectivity index (χ0) is 21.5. The summed E-state index contributed by atoms with van der Waals surface area (Å²) in [5.41, 5.74) is 2.29. The topological polar surface area (TPSA) is 71.0 Å². The Morgan fingerprint density at radius 3 is 2.50 bits per heavy atom. The minimum atomic E-state index is -0.804. The number of carbonyl (C=O) groups excluding carboxylic acids is 2. The highest BCUT2D eigenvalue weighted by Gasteiger charge is 2.41. The monoisotopic (exact) mass is 425 g/mol. The molecule has 0 saturated heterocycles. The van der Waals surface area contributed by atoms with Gasteiger partial charge in [-0.2, -0.15) is 0 Å². The lowest BCUT2D eigenvalue weighted by molar-refractivity contribution is -0.127. The Morgan fingerprint density at radius 2 is 1.83 bits per heavy atom. The van der Waals surface area contributed by atoms with Crippen LogP contribution in [0, 0.1) is 5.92 Å². The van der Waals surface area contributed by atoms with Crippen molar-refractivity contribution in [3.63, 3.8) is 0 Å². The van der Waals surface area contributed by atoms with E-state index in [1.54, 1.807) is 35.2 Å². The van der Waals surface area contributed by atoms with Gasteiger partial charge in [-0.25, -0.2) is 0 Å². The van der Waals surface area contributed by atoms with Crippen LogP contribution >= 0.6 is 11.6 Å². The maximum Gasteiger partial charge on any atom is 0.255 e. The molecule has 0 aliphatic carbocycles. The predicted octanol–water partition coefficient (Wildman–Crippen LogP) is 3.80. The lowest BCUT2D eigenvalue weighted by atomic mass is 9.96. The largest absolute Gasteiger partial charge is 0.395 e. The van der Waals surface area contributed by atoms with E-state index in [4.69, 9.17) is 16.4 Å². The van der Waals surface area contributed by atoms with E-state index in [9.17, 15) is 9.59 Å². The Morgan fingerprint density at radius 1 is 1.17 bits per heavy atom. The molecular formula is C23H24ClN3O3.